The highest BCUT2D eigenvalue weighted by molar-refractivity contribution is 5.89. The lowest BCUT2D eigenvalue weighted by Gasteiger charge is -2.72. The number of carbonyl (C=O) groups excluding carboxylic acids is 2. The van der Waals surface area contributed by atoms with Crippen molar-refractivity contribution in [2.24, 2.45) is 56.7 Å². The number of carboxylic acids is 2. The molecule has 5 aliphatic carbocycles. The molecule has 0 aliphatic heterocycles. The van der Waals surface area contributed by atoms with E-state index >= 15 is 0 Å². The number of hydrogen-bond acceptors (Lipinski definition) is 5. The summed E-state index contributed by atoms with van der Waals surface area (Å²) in [4.78, 5) is 51.1. The maximum atomic E-state index is 14.0. The molecule has 0 heterocycles. The van der Waals surface area contributed by atoms with E-state index in [4.69, 9.17) is 0 Å². The standard InChI is InChI=1S/C36H56N2O7/c1-19(2)22-11-16-36(31(45)38-21(4)29(42)43)18-17-33(6)23(27(22)36)9-10-24-32(5)14-13-26(39)35(8,25(32)12-15-34(24,33)7)30(44)37-20(3)28(40)41/h20-27,39H,1,9-18H2,2-8H3,(H,37,44)(H,38,45)(H,40,41)(H,42,43)/t20-,21-,22-,23+,24+,25+,26+,27+,32+,33+,34+,35-,36-/m0/s1. The van der Waals surface area contributed by atoms with Crippen LogP contribution in [0.3, 0.4) is 0 Å². The minimum absolute atomic E-state index is 0.0611. The van der Waals surface area contributed by atoms with Gasteiger partial charge in [0.2, 0.25) is 11.8 Å². The molecule has 5 N–H and O–H groups in total. The van der Waals surface area contributed by atoms with E-state index in [0.717, 1.165) is 63.4 Å². The number of aliphatic hydroxyl groups excluding tert-OH is 1. The predicted octanol–water partition coefficient (Wildman–Crippen LogP) is 5.16. The van der Waals surface area contributed by atoms with Gasteiger partial charge in [-0.3, -0.25) is 19.2 Å². The Bertz CT molecular complexity index is 1280. The van der Waals surface area contributed by atoms with E-state index in [1.165, 1.54) is 13.8 Å². The first-order valence-electron chi connectivity index (χ1n) is 17.2. The summed E-state index contributed by atoms with van der Waals surface area (Å²) in [6.45, 7) is 18.5. The Hall–Kier alpha value is -2.42. The van der Waals surface area contributed by atoms with Crippen molar-refractivity contribution in [1.29, 1.82) is 0 Å². The number of carboxylic acid groups (broad SMARTS) is 2. The highest BCUT2D eigenvalue weighted by Gasteiger charge is 2.73. The third-order valence-electron chi connectivity index (χ3n) is 15.1. The van der Waals surface area contributed by atoms with Crippen molar-refractivity contribution in [2.75, 3.05) is 0 Å². The van der Waals surface area contributed by atoms with Crippen molar-refractivity contribution in [3.8, 4) is 0 Å². The number of fused-ring (bicyclic) bond motifs is 7. The van der Waals surface area contributed by atoms with Crippen LogP contribution in [0.25, 0.3) is 0 Å². The third-order valence-corrected chi connectivity index (χ3v) is 15.1. The Kier molecular flexibility index (Phi) is 8.36. The Morgan fingerprint density at radius 2 is 1.33 bits per heavy atom. The maximum Gasteiger partial charge on any atom is 0.325 e. The lowest BCUT2D eigenvalue weighted by molar-refractivity contribution is -0.246. The summed E-state index contributed by atoms with van der Waals surface area (Å²) in [5, 5.41) is 36.0. The fraction of sp³-hybridized carbons (Fsp3) is 0.833. The summed E-state index contributed by atoms with van der Waals surface area (Å²) in [6.07, 6.45) is 7.30. The smallest absolute Gasteiger partial charge is 0.325 e. The fourth-order valence-corrected chi connectivity index (χ4v) is 12.3. The number of aliphatic carboxylic acids is 2. The van der Waals surface area contributed by atoms with E-state index in [0.29, 0.717) is 12.3 Å². The van der Waals surface area contributed by atoms with Gasteiger partial charge in [0.25, 0.3) is 0 Å². The minimum Gasteiger partial charge on any atom is -0.480 e. The molecule has 5 aliphatic rings. The van der Waals surface area contributed by atoms with Crippen molar-refractivity contribution in [3.05, 3.63) is 12.2 Å². The van der Waals surface area contributed by atoms with Gasteiger partial charge in [-0.05, 0) is 138 Å². The lowest BCUT2D eigenvalue weighted by atomic mass is 9.32. The van der Waals surface area contributed by atoms with Gasteiger partial charge in [0.1, 0.15) is 12.1 Å². The molecule has 0 unspecified atom stereocenters. The van der Waals surface area contributed by atoms with Crippen molar-refractivity contribution in [3.63, 3.8) is 0 Å². The van der Waals surface area contributed by atoms with Crippen LogP contribution in [0.2, 0.25) is 0 Å². The normalized spacial score (nSPS) is 46.7. The Morgan fingerprint density at radius 3 is 1.91 bits per heavy atom. The van der Waals surface area contributed by atoms with Crippen LogP contribution < -0.4 is 10.6 Å². The molecule has 0 radical (unpaired) electrons. The van der Waals surface area contributed by atoms with Crippen LogP contribution in [0.1, 0.15) is 113 Å². The van der Waals surface area contributed by atoms with E-state index in [1.807, 2.05) is 6.92 Å². The number of rotatable bonds is 7. The zero-order valence-corrected chi connectivity index (χ0v) is 28.4. The number of aliphatic hydroxyl groups is 1. The van der Waals surface area contributed by atoms with Crippen molar-refractivity contribution < 1.29 is 34.5 Å². The molecule has 0 aromatic heterocycles. The quantitative estimate of drug-likeness (QED) is 0.244. The van der Waals surface area contributed by atoms with Crippen molar-refractivity contribution in [2.45, 2.75) is 131 Å². The molecule has 5 saturated carbocycles. The molecule has 2 amide bonds. The van der Waals surface area contributed by atoms with Gasteiger partial charge >= 0.3 is 11.9 Å². The SMILES string of the molecule is C=C(C)[C@@H]1CC[C@]2(C(=O)N[C@@H](C)C(=O)O)CC[C@]3(C)[C@H](CC[C@@H]4[C@@]5(C)CC[C@@H](O)[C@@](C)(C(=O)N[C@@H](C)C(=O)O)[C@@H]5CC[C@]43C)[C@@H]12. The van der Waals surface area contributed by atoms with Gasteiger partial charge < -0.3 is 26.0 Å². The van der Waals surface area contributed by atoms with Crippen molar-refractivity contribution >= 4 is 23.8 Å². The molecule has 5 fully saturated rings. The number of amides is 2. The predicted molar refractivity (Wildman–Crippen MR) is 170 cm³/mol. The number of nitrogens with one attached hydrogen (secondary N) is 2. The van der Waals surface area contributed by atoms with Gasteiger partial charge in [0.15, 0.2) is 0 Å². The molecule has 0 bridgehead atoms. The van der Waals surface area contributed by atoms with Gasteiger partial charge in [0.05, 0.1) is 16.9 Å². The van der Waals surface area contributed by atoms with Crippen LogP contribution in [-0.2, 0) is 19.2 Å². The molecular formula is C36H56N2O7. The molecule has 9 nitrogen and oxygen atoms in total. The first-order chi connectivity index (χ1) is 20.8. The number of hydrogen-bond donors (Lipinski definition) is 5. The molecule has 9 heteroatoms. The molecule has 5 rings (SSSR count). The van der Waals surface area contributed by atoms with Crippen LogP contribution in [0.5, 0.6) is 0 Å². The van der Waals surface area contributed by atoms with Gasteiger partial charge in [-0.25, -0.2) is 0 Å². The van der Waals surface area contributed by atoms with E-state index in [2.05, 4.69) is 44.9 Å². The van der Waals surface area contributed by atoms with Crippen molar-refractivity contribution in [1.82, 2.24) is 10.6 Å². The molecule has 0 spiro atoms. The largest absolute Gasteiger partial charge is 0.480 e. The summed E-state index contributed by atoms with van der Waals surface area (Å²) in [5.74, 6) is -1.81. The number of carbonyl (C=O) groups is 4. The van der Waals surface area contributed by atoms with Crippen LogP contribution in [0.4, 0.5) is 0 Å². The van der Waals surface area contributed by atoms with Gasteiger partial charge in [-0.15, -0.1) is 0 Å². The molecule has 252 valence electrons. The minimum atomic E-state index is -1.10. The van der Waals surface area contributed by atoms with E-state index < -0.39 is 41.0 Å². The van der Waals surface area contributed by atoms with E-state index in [-0.39, 0.29) is 51.7 Å². The highest BCUT2D eigenvalue weighted by Crippen LogP contribution is 2.77. The van der Waals surface area contributed by atoms with Crippen LogP contribution in [0.15, 0.2) is 12.2 Å². The summed E-state index contributed by atoms with van der Waals surface area (Å²) in [5.41, 5.74) is -0.936. The highest BCUT2D eigenvalue weighted by atomic mass is 16.4. The molecule has 13 atom stereocenters. The summed E-state index contributed by atoms with van der Waals surface area (Å²) >= 11 is 0. The monoisotopic (exact) mass is 628 g/mol. The van der Waals surface area contributed by atoms with Crippen LogP contribution >= 0.6 is 0 Å². The van der Waals surface area contributed by atoms with Crippen LogP contribution in [0, 0.1) is 56.7 Å². The van der Waals surface area contributed by atoms with Gasteiger partial charge in [-0.2, -0.15) is 0 Å². The summed E-state index contributed by atoms with van der Waals surface area (Å²) in [7, 11) is 0. The molecule has 0 aromatic rings. The van der Waals surface area contributed by atoms with Gasteiger partial charge in [0, 0.05) is 0 Å². The summed E-state index contributed by atoms with van der Waals surface area (Å²) < 4.78 is 0. The molecular weight excluding hydrogens is 572 g/mol. The topological polar surface area (TPSA) is 153 Å². The Balaban J connectivity index is 1.51. The van der Waals surface area contributed by atoms with Crippen LogP contribution in [-0.4, -0.2) is 57.3 Å². The average Bonchev–Trinajstić information content (AvgIpc) is 3.36. The Morgan fingerprint density at radius 1 is 0.733 bits per heavy atom. The zero-order valence-electron chi connectivity index (χ0n) is 28.4. The second-order valence-electron chi connectivity index (χ2n) is 16.7. The molecule has 45 heavy (non-hydrogen) atoms. The second-order valence-corrected chi connectivity index (χ2v) is 16.7. The second kappa shape index (κ2) is 11.1. The first-order valence-corrected chi connectivity index (χ1v) is 17.2. The number of allylic oxidation sites excluding steroid dienone is 1. The fourth-order valence-electron chi connectivity index (χ4n) is 12.3. The first kappa shape index (κ1) is 33.9. The zero-order chi connectivity index (χ0) is 33.5. The Labute approximate surface area is 268 Å². The average molecular weight is 629 g/mol. The van der Waals surface area contributed by atoms with E-state index in [9.17, 15) is 34.5 Å². The lowest BCUT2D eigenvalue weighted by Crippen LogP contribution is -2.69. The van der Waals surface area contributed by atoms with E-state index in [1.54, 1.807) is 0 Å². The summed E-state index contributed by atoms with van der Waals surface area (Å²) in [6, 6.07) is -1.98. The maximum absolute atomic E-state index is 14.0. The van der Waals surface area contributed by atoms with Gasteiger partial charge in [-0.1, -0.05) is 32.9 Å². The molecule has 0 aromatic carbocycles. The third kappa shape index (κ3) is 4.63. The molecule has 0 saturated heterocycles.